The van der Waals surface area contributed by atoms with Gasteiger partial charge in [0.05, 0.1) is 0 Å². The second-order valence-electron chi connectivity index (χ2n) is 3.23. The van der Waals surface area contributed by atoms with Crippen LogP contribution < -0.4 is 5.32 Å². The molecule has 0 aromatic heterocycles. The Balaban J connectivity index is 3.01. The van der Waals surface area contributed by atoms with Gasteiger partial charge in [-0.2, -0.15) is 13.2 Å². The predicted molar refractivity (Wildman–Crippen MR) is 55.1 cm³/mol. The molecule has 0 bridgehead atoms. The molecule has 0 aliphatic carbocycles. The molecular formula is C11H12F3NO. The highest BCUT2D eigenvalue weighted by molar-refractivity contribution is 5.35. The van der Waals surface area contributed by atoms with Crippen molar-refractivity contribution in [3.63, 3.8) is 0 Å². The number of benzene rings is 1. The molecule has 1 rings (SSSR count). The Morgan fingerprint density at radius 1 is 1.38 bits per heavy atom. The van der Waals surface area contributed by atoms with Crippen LogP contribution in [0.25, 0.3) is 0 Å². The number of rotatable bonds is 4. The Bertz CT molecular complexity index is 362. The van der Waals surface area contributed by atoms with Crippen molar-refractivity contribution in [1.29, 1.82) is 0 Å². The van der Waals surface area contributed by atoms with E-state index in [1.54, 1.807) is 0 Å². The highest BCUT2D eigenvalue weighted by Gasteiger charge is 2.41. The van der Waals surface area contributed by atoms with E-state index < -0.39 is 12.2 Å². The molecule has 1 atom stereocenters. The molecule has 0 spiro atoms. The van der Waals surface area contributed by atoms with Crippen molar-refractivity contribution >= 4 is 0 Å². The number of hydrogen-bond acceptors (Lipinski definition) is 2. The van der Waals surface area contributed by atoms with Gasteiger partial charge in [-0.15, -0.1) is 6.58 Å². The molecule has 0 heterocycles. The number of nitrogens with one attached hydrogen (secondary N) is 1. The molecule has 0 radical (unpaired) electrons. The summed E-state index contributed by atoms with van der Waals surface area (Å²) in [6.07, 6.45) is -3.12. The summed E-state index contributed by atoms with van der Waals surface area (Å²) >= 11 is 0. The highest BCUT2D eigenvalue weighted by Crippen LogP contribution is 2.36. The number of phenols is 1. The molecule has 1 aromatic carbocycles. The van der Waals surface area contributed by atoms with Gasteiger partial charge in [-0.05, 0) is 6.07 Å². The Hall–Kier alpha value is -1.49. The molecule has 2 nitrogen and oxygen atoms in total. The number of aromatic hydroxyl groups is 1. The summed E-state index contributed by atoms with van der Waals surface area (Å²) in [7, 11) is 0. The third-order valence-corrected chi connectivity index (χ3v) is 2.04. The van der Waals surface area contributed by atoms with Crippen LogP contribution in [-0.4, -0.2) is 17.8 Å². The number of alkyl halides is 3. The fraction of sp³-hybridized carbons (Fsp3) is 0.273. The van der Waals surface area contributed by atoms with Crippen molar-refractivity contribution in [2.45, 2.75) is 12.2 Å². The van der Waals surface area contributed by atoms with Crippen molar-refractivity contribution in [2.24, 2.45) is 0 Å². The van der Waals surface area contributed by atoms with Crippen LogP contribution in [0.2, 0.25) is 0 Å². The lowest BCUT2D eigenvalue weighted by Crippen LogP contribution is -2.34. The van der Waals surface area contributed by atoms with E-state index in [0.717, 1.165) is 0 Å². The van der Waals surface area contributed by atoms with Gasteiger partial charge in [0, 0.05) is 12.1 Å². The average molecular weight is 231 g/mol. The van der Waals surface area contributed by atoms with Gasteiger partial charge in [0.15, 0.2) is 0 Å². The van der Waals surface area contributed by atoms with Crippen LogP contribution in [0, 0.1) is 0 Å². The molecule has 1 aromatic rings. The number of phenolic OH excluding ortho intramolecular Hbond substituents is 1. The molecule has 2 N–H and O–H groups in total. The van der Waals surface area contributed by atoms with Crippen LogP contribution in [0.1, 0.15) is 11.6 Å². The van der Waals surface area contributed by atoms with Gasteiger partial charge in [-0.3, -0.25) is 5.32 Å². The minimum atomic E-state index is -4.46. The molecule has 0 aliphatic heterocycles. The molecule has 1 unspecified atom stereocenters. The van der Waals surface area contributed by atoms with Gasteiger partial charge in [0.2, 0.25) is 0 Å². The van der Waals surface area contributed by atoms with Crippen LogP contribution in [0.15, 0.2) is 36.9 Å². The summed E-state index contributed by atoms with van der Waals surface area (Å²) in [6.45, 7) is 3.35. The standard InChI is InChI=1S/C11H12F3NO/c1-2-7-15-10(11(12,13)14)8-5-3-4-6-9(8)16/h2-6,10,15-16H,1,7H2. The summed E-state index contributed by atoms with van der Waals surface area (Å²) in [5.74, 6) is -0.374. The number of para-hydroxylation sites is 1. The monoisotopic (exact) mass is 231 g/mol. The number of hydrogen-bond donors (Lipinski definition) is 2. The van der Waals surface area contributed by atoms with Crippen LogP contribution >= 0.6 is 0 Å². The van der Waals surface area contributed by atoms with E-state index in [1.165, 1.54) is 30.3 Å². The molecule has 0 aliphatic rings. The average Bonchev–Trinajstić information content (AvgIpc) is 2.19. The van der Waals surface area contributed by atoms with Crippen LogP contribution in [0.4, 0.5) is 13.2 Å². The number of halogens is 3. The molecule has 0 saturated carbocycles. The SMILES string of the molecule is C=CCNC(c1ccccc1O)C(F)(F)F. The van der Waals surface area contributed by atoms with Crippen molar-refractivity contribution in [1.82, 2.24) is 5.32 Å². The summed E-state index contributed by atoms with van der Waals surface area (Å²) < 4.78 is 38.1. The second kappa shape index (κ2) is 5.03. The zero-order chi connectivity index (χ0) is 12.2. The van der Waals surface area contributed by atoms with Gasteiger partial charge in [-0.25, -0.2) is 0 Å². The van der Waals surface area contributed by atoms with Gasteiger partial charge in [0.25, 0.3) is 0 Å². The van der Waals surface area contributed by atoms with E-state index in [9.17, 15) is 18.3 Å². The van der Waals surface area contributed by atoms with Crippen LogP contribution in [0.3, 0.4) is 0 Å². The quantitative estimate of drug-likeness (QED) is 0.781. The molecule has 16 heavy (non-hydrogen) atoms. The molecule has 88 valence electrons. The largest absolute Gasteiger partial charge is 0.508 e. The zero-order valence-corrected chi connectivity index (χ0v) is 8.46. The maximum absolute atomic E-state index is 12.7. The first kappa shape index (κ1) is 12.6. The third kappa shape index (κ3) is 3.00. The molecule has 0 fully saturated rings. The molecule has 5 heteroatoms. The minimum Gasteiger partial charge on any atom is -0.508 e. The molecular weight excluding hydrogens is 219 g/mol. The van der Waals surface area contributed by atoms with Gasteiger partial charge < -0.3 is 5.11 Å². The Kier molecular flexibility index (Phi) is 3.95. The first-order valence-electron chi connectivity index (χ1n) is 4.65. The fourth-order valence-corrected chi connectivity index (χ4v) is 1.33. The Morgan fingerprint density at radius 3 is 2.50 bits per heavy atom. The van der Waals surface area contributed by atoms with E-state index in [-0.39, 0.29) is 17.9 Å². The summed E-state index contributed by atoms with van der Waals surface area (Å²) in [5.41, 5.74) is -0.183. The van der Waals surface area contributed by atoms with Crippen molar-refractivity contribution in [2.75, 3.05) is 6.54 Å². The van der Waals surface area contributed by atoms with Crippen molar-refractivity contribution in [3.8, 4) is 5.75 Å². The van der Waals surface area contributed by atoms with E-state index in [4.69, 9.17) is 0 Å². The molecule has 0 amide bonds. The second-order valence-corrected chi connectivity index (χ2v) is 3.23. The van der Waals surface area contributed by atoms with Crippen molar-refractivity contribution < 1.29 is 18.3 Å². The maximum atomic E-state index is 12.7. The summed E-state index contributed by atoms with van der Waals surface area (Å²) in [6, 6.07) is 3.50. The van der Waals surface area contributed by atoms with E-state index in [1.807, 2.05) is 0 Å². The van der Waals surface area contributed by atoms with Gasteiger partial charge in [-0.1, -0.05) is 24.3 Å². The topological polar surface area (TPSA) is 32.3 Å². The van der Waals surface area contributed by atoms with E-state index in [2.05, 4.69) is 11.9 Å². The summed E-state index contributed by atoms with van der Waals surface area (Å²) in [4.78, 5) is 0. The van der Waals surface area contributed by atoms with E-state index in [0.29, 0.717) is 0 Å². The highest BCUT2D eigenvalue weighted by atomic mass is 19.4. The lowest BCUT2D eigenvalue weighted by Gasteiger charge is -2.22. The minimum absolute atomic E-state index is 0.0124. The fourth-order valence-electron chi connectivity index (χ4n) is 1.33. The first-order chi connectivity index (χ1) is 7.46. The van der Waals surface area contributed by atoms with E-state index >= 15 is 0 Å². The Morgan fingerprint density at radius 2 is 2.00 bits per heavy atom. The zero-order valence-electron chi connectivity index (χ0n) is 8.46. The van der Waals surface area contributed by atoms with Crippen LogP contribution in [0.5, 0.6) is 5.75 Å². The summed E-state index contributed by atoms with van der Waals surface area (Å²) in [5, 5.41) is 11.6. The maximum Gasteiger partial charge on any atom is 0.408 e. The van der Waals surface area contributed by atoms with Crippen LogP contribution in [-0.2, 0) is 0 Å². The molecule has 0 saturated heterocycles. The van der Waals surface area contributed by atoms with Gasteiger partial charge >= 0.3 is 6.18 Å². The first-order valence-corrected chi connectivity index (χ1v) is 4.65. The predicted octanol–water partition coefficient (Wildman–Crippen LogP) is 2.77. The Labute approximate surface area is 91.4 Å². The lowest BCUT2D eigenvalue weighted by molar-refractivity contribution is -0.157. The lowest BCUT2D eigenvalue weighted by atomic mass is 10.1. The third-order valence-electron chi connectivity index (χ3n) is 2.04. The normalized spacial score (nSPS) is 13.4. The smallest absolute Gasteiger partial charge is 0.408 e. The van der Waals surface area contributed by atoms with Gasteiger partial charge in [0.1, 0.15) is 11.8 Å². The van der Waals surface area contributed by atoms with Crippen molar-refractivity contribution in [3.05, 3.63) is 42.5 Å².